The molecule has 1 heterocycles. The molecule has 110 valence electrons. The summed E-state index contributed by atoms with van der Waals surface area (Å²) in [5.41, 5.74) is 8.62. The van der Waals surface area contributed by atoms with Crippen LogP contribution in [0.4, 0.5) is 0 Å². The van der Waals surface area contributed by atoms with E-state index in [2.05, 4.69) is 0 Å². The zero-order chi connectivity index (χ0) is 14.8. The van der Waals surface area contributed by atoms with E-state index in [1.807, 2.05) is 30.3 Å². The van der Waals surface area contributed by atoms with Gasteiger partial charge in [-0.2, -0.15) is 0 Å². The largest absolute Gasteiger partial charge is 0.493 e. The number of fused-ring (bicyclic) bond motifs is 1. The minimum atomic E-state index is 0.366. The molecule has 0 bridgehead atoms. The van der Waals surface area contributed by atoms with Crippen molar-refractivity contribution in [1.29, 1.82) is 0 Å². The SMILES string of the molecule is NCc1ccc(OCc2cc(Cl)cc3c2OCC3)c(Cl)c1. The van der Waals surface area contributed by atoms with Crippen LogP contribution in [-0.4, -0.2) is 6.61 Å². The maximum absolute atomic E-state index is 6.19. The van der Waals surface area contributed by atoms with Crippen molar-refractivity contribution < 1.29 is 9.47 Å². The lowest BCUT2D eigenvalue weighted by Gasteiger charge is -2.12. The number of ether oxygens (including phenoxy) is 2. The third-order valence-corrected chi connectivity index (χ3v) is 3.95. The Morgan fingerprint density at radius 2 is 2.05 bits per heavy atom. The normalized spacial score (nSPS) is 12.9. The van der Waals surface area contributed by atoms with Gasteiger partial charge in [0.05, 0.1) is 11.6 Å². The van der Waals surface area contributed by atoms with Crippen molar-refractivity contribution in [3.8, 4) is 11.5 Å². The molecule has 5 heteroatoms. The molecule has 1 aliphatic heterocycles. The van der Waals surface area contributed by atoms with Crippen LogP contribution < -0.4 is 15.2 Å². The highest BCUT2D eigenvalue weighted by Gasteiger charge is 2.18. The molecule has 3 nitrogen and oxygen atoms in total. The van der Waals surface area contributed by atoms with Crippen LogP contribution in [-0.2, 0) is 19.6 Å². The quantitative estimate of drug-likeness (QED) is 0.926. The molecule has 2 aromatic rings. The molecule has 0 spiro atoms. The fourth-order valence-corrected chi connectivity index (χ4v) is 2.92. The van der Waals surface area contributed by atoms with Crippen molar-refractivity contribution in [2.24, 2.45) is 5.73 Å². The lowest BCUT2D eigenvalue weighted by molar-refractivity contribution is 0.292. The number of rotatable bonds is 4. The molecule has 0 unspecified atom stereocenters. The van der Waals surface area contributed by atoms with E-state index < -0.39 is 0 Å². The standard InChI is InChI=1S/C16H15Cl2NO2/c17-13-6-11-3-4-20-16(11)12(7-13)9-21-15-2-1-10(8-19)5-14(15)18/h1-2,5-7H,3-4,8-9,19H2. The molecule has 0 aliphatic carbocycles. The van der Waals surface area contributed by atoms with Crippen LogP contribution in [0.1, 0.15) is 16.7 Å². The first-order valence-electron chi connectivity index (χ1n) is 6.73. The Labute approximate surface area is 133 Å². The van der Waals surface area contributed by atoms with Crippen LogP contribution in [0.3, 0.4) is 0 Å². The second-order valence-corrected chi connectivity index (χ2v) is 5.75. The summed E-state index contributed by atoms with van der Waals surface area (Å²) < 4.78 is 11.4. The van der Waals surface area contributed by atoms with E-state index in [9.17, 15) is 0 Å². The lowest BCUT2D eigenvalue weighted by Crippen LogP contribution is -2.00. The number of hydrogen-bond acceptors (Lipinski definition) is 3. The zero-order valence-corrected chi connectivity index (χ0v) is 12.9. The number of benzene rings is 2. The van der Waals surface area contributed by atoms with E-state index in [0.717, 1.165) is 28.9 Å². The Morgan fingerprint density at radius 1 is 1.19 bits per heavy atom. The highest BCUT2D eigenvalue weighted by Crippen LogP contribution is 2.34. The molecule has 0 saturated heterocycles. The van der Waals surface area contributed by atoms with Crippen molar-refractivity contribution in [2.45, 2.75) is 19.6 Å². The van der Waals surface area contributed by atoms with Gasteiger partial charge in [0.1, 0.15) is 18.1 Å². The molecule has 0 fully saturated rings. The van der Waals surface area contributed by atoms with Gasteiger partial charge >= 0.3 is 0 Å². The summed E-state index contributed by atoms with van der Waals surface area (Å²) in [4.78, 5) is 0. The molecule has 2 aromatic carbocycles. The molecule has 0 aromatic heterocycles. The topological polar surface area (TPSA) is 44.5 Å². The number of nitrogens with two attached hydrogens (primary N) is 1. The fraction of sp³-hybridized carbons (Fsp3) is 0.250. The van der Waals surface area contributed by atoms with Crippen LogP contribution in [0.15, 0.2) is 30.3 Å². The van der Waals surface area contributed by atoms with Crippen LogP contribution in [0.25, 0.3) is 0 Å². The molecule has 0 atom stereocenters. The van der Waals surface area contributed by atoms with Crippen molar-refractivity contribution in [3.63, 3.8) is 0 Å². The molecular formula is C16H15Cl2NO2. The molecule has 3 rings (SSSR count). The van der Waals surface area contributed by atoms with Gasteiger partial charge in [0, 0.05) is 23.6 Å². The third-order valence-electron chi connectivity index (χ3n) is 3.44. The summed E-state index contributed by atoms with van der Waals surface area (Å²) in [5.74, 6) is 1.51. The van der Waals surface area contributed by atoms with E-state index in [1.165, 1.54) is 0 Å². The predicted molar refractivity (Wildman–Crippen MR) is 84.3 cm³/mol. The Balaban J connectivity index is 1.79. The summed E-state index contributed by atoms with van der Waals surface area (Å²) in [5, 5.41) is 1.25. The number of hydrogen-bond donors (Lipinski definition) is 1. The van der Waals surface area contributed by atoms with Gasteiger partial charge in [0.25, 0.3) is 0 Å². The van der Waals surface area contributed by atoms with E-state index in [1.54, 1.807) is 0 Å². The predicted octanol–water partition coefficient (Wildman–Crippen LogP) is 3.97. The molecular weight excluding hydrogens is 309 g/mol. The first-order valence-corrected chi connectivity index (χ1v) is 7.48. The van der Waals surface area contributed by atoms with Crippen molar-refractivity contribution in [1.82, 2.24) is 0 Å². The summed E-state index contributed by atoms with van der Waals surface area (Å²) >= 11 is 12.3. The Morgan fingerprint density at radius 3 is 2.81 bits per heavy atom. The van der Waals surface area contributed by atoms with Crippen LogP contribution in [0.5, 0.6) is 11.5 Å². The Kier molecular flexibility index (Phi) is 4.24. The highest BCUT2D eigenvalue weighted by molar-refractivity contribution is 6.32. The molecule has 1 aliphatic rings. The highest BCUT2D eigenvalue weighted by atomic mass is 35.5. The molecule has 0 radical (unpaired) electrons. The lowest BCUT2D eigenvalue weighted by atomic mass is 10.1. The monoisotopic (exact) mass is 323 g/mol. The van der Waals surface area contributed by atoms with Gasteiger partial charge in [-0.1, -0.05) is 29.3 Å². The summed E-state index contributed by atoms with van der Waals surface area (Å²) in [7, 11) is 0. The smallest absolute Gasteiger partial charge is 0.138 e. The van der Waals surface area contributed by atoms with E-state index in [0.29, 0.717) is 35.6 Å². The molecule has 0 amide bonds. The van der Waals surface area contributed by atoms with Gasteiger partial charge < -0.3 is 15.2 Å². The Hall–Kier alpha value is -1.42. The maximum atomic E-state index is 6.19. The van der Waals surface area contributed by atoms with Crippen LogP contribution in [0.2, 0.25) is 10.0 Å². The fourth-order valence-electron chi connectivity index (χ4n) is 2.40. The van der Waals surface area contributed by atoms with Gasteiger partial charge in [-0.15, -0.1) is 0 Å². The summed E-state index contributed by atoms with van der Waals surface area (Å²) in [6, 6.07) is 9.36. The van der Waals surface area contributed by atoms with E-state index >= 15 is 0 Å². The second kappa shape index (κ2) is 6.14. The summed E-state index contributed by atoms with van der Waals surface area (Å²) in [6.07, 6.45) is 0.884. The second-order valence-electron chi connectivity index (χ2n) is 4.91. The maximum Gasteiger partial charge on any atom is 0.138 e. The summed E-state index contributed by atoms with van der Waals surface area (Å²) in [6.45, 7) is 1.51. The van der Waals surface area contributed by atoms with Crippen LogP contribution >= 0.6 is 23.2 Å². The zero-order valence-electron chi connectivity index (χ0n) is 11.4. The minimum Gasteiger partial charge on any atom is -0.493 e. The van der Waals surface area contributed by atoms with Crippen molar-refractivity contribution >= 4 is 23.2 Å². The molecule has 0 saturated carbocycles. The van der Waals surface area contributed by atoms with Gasteiger partial charge in [-0.05, 0) is 35.4 Å². The average molecular weight is 324 g/mol. The number of halogens is 2. The minimum absolute atomic E-state index is 0.366. The molecule has 21 heavy (non-hydrogen) atoms. The van der Waals surface area contributed by atoms with E-state index in [-0.39, 0.29) is 0 Å². The van der Waals surface area contributed by atoms with Crippen molar-refractivity contribution in [2.75, 3.05) is 6.61 Å². The van der Waals surface area contributed by atoms with Crippen LogP contribution in [0, 0.1) is 0 Å². The van der Waals surface area contributed by atoms with Gasteiger partial charge in [-0.25, -0.2) is 0 Å². The van der Waals surface area contributed by atoms with Gasteiger partial charge in [0.2, 0.25) is 0 Å². The average Bonchev–Trinajstić information content (AvgIpc) is 2.93. The van der Waals surface area contributed by atoms with E-state index in [4.69, 9.17) is 38.4 Å². The first kappa shape index (κ1) is 14.5. The van der Waals surface area contributed by atoms with Crippen molar-refractivity contribution in [3.05, 3.63) is 57.1 Å². The van der Waals surface area contributed by atoms with Gasteiger partial charge in [0.15, 0.2) is 0 Å². The third kappa shape index (κ3) is 3.10. The first-order chi connectivity index (χ1) is 10.2. The van der Waals surface area contributed by atoms with Gasteiger partial charge in [-0.3, -0.25) is 0 Å². The Bertz CT molecular complexity index is 674. The molecule has 2 N–H and O–H groups in total.